The molecule has 29 heavy (non-hydrogen) atoms. The highest BCUT2D eigenvalue weighted by Crippen LogP contribution is 2.33. The Morgan fingerprint density at radius 1 is 1.21 bits per heavy atom. The van der Waals surface area contributed by atoms with Gasteiger partial charge in [-0.15, -0.1) is 0 Å². The van der Waals surface area contributed by atoms with Crippen LogP contribution in [0.5, 0.6) is 5.75 Å². The zero-order chi connectivity index (χ0) is 20.7. The van der Waals surface area contributed by atoms with Gasteiger partial charge in [-0.3, -0.25) is 4.79 Å². The number of nitrogens with one attached hydrogen (secondary N) is 1. The first-order chi connectivity index (χ1) is 14.0. The number of para-hydroxylation sites is 2. The van der Waals surface area contributed by atoms with Crippen molar-refractivity contribution in [3.63, 3.8) is 0 Å². The van der Waals surface area contributed by atoms with Crippen LogP contribution in [0.25, 0.3) is 0 Å². The van der Waals surface area contributed by atoms with Crippen LogP contribution in [0, 0.1) is 17.2 Å². The van der Waals surface area contributed by atoms with Crippen molar-refractivity contribution in [3.8, 4) is 11.8 Å². The maximum absolute atomic E-state index is 12.5. The largest absolute Gasteiger partial charge is 0.410 e. The van der Waals surface area contributed by atoms with Gasteiger partial charge in [-0.05, 0) is 24.5 Å². The summed E-state index contributed by atoms with van der Waals surface area (Å²) in [6.45, 7) is 1.16. The number of hydrogen-bond acceptors (Lipinski definition) is 5. The molecule has 2 amide bonds. The molecule has 3 rings (SSSR count). The molecule has 1 aliphatic heterocycles. The molecule has 3 N–H and O–H groups in total. The molecule has 1 saturated heterocycles. The minimum Gasteiger partial charge on any atom is -0.408 e. The van der Waals surface area contributed by atoms with Crippen LogP contribution in [0.1, 0.15) is 57.8 Å². The minimum absolute atomic E-state index is 0.0250. The van der Waals surface area contributed by atoms with Crippen LogP contribution in [0.2, 0.25) is 0 Å². The Bertz CT molecular complexity index is 760. The standard InChI is InChI=1S/C22H30N4O3/c23-16-22(25-20(27)11-10-17-6-2-1-3-7-17)12-14-26(15-13-22)18-8-4-5-9-19(18)29-21(24)28/h4-5,8-9,17H,1-3,6-7,10-15H2,(H2,24,28)(H,25,27). The zero-order valence-corrected chi connectivity index (χ0v) is 16.9. The van der Waals surface area contributed by atoms with Crippen molar-refractivity contribution in [2.45, 2.75) is 63.3 Å². The zero-order valence-electron chi connectivity index (χ0n) is 16.9. The van der Waals surface area contributed by atoms with Gasteiger partial charge in [-0.2, -0.15) is 5.26 Å². The third-order valence-electron chi connectivity index (χ3n) is 6.13. The maximum atomic E-state index is 12.5. The second kappa shape index (κ2) is 9.64. The van der Waals surface area contributed by atoms with E-state index in [9.17, 15) is 14.9 Å². The van der Waals surface area contributed by atoms with E-state index in [1.165, 1.54) is 32.1 Å². The lowest BCUT2D eigenvalue weighted by molar-refractivity contribution is -0.123. The highest BCUT2D eigenvalue weighted by atomic mass is 16.5. The number of carbonyl (C=O) groups is 2. The van der Waals surface area contributed by atoms with Gasteiger partial charge in [0.2, 0.25) is 5.91 Å². The van der Waals surface area contributed by atoms with Crippen LogP contribution >= 0.6 is 0 Å². The van der Waals surface area contributed by atoms with Crippen LogP contribution < -0.4 is 20.7 Å². The summed E-state index contributed by atoms with van der Waals surface area (Å²) in [6, 6.07) is 9.54. The van der Waals surface area contributed by atoms with Crippen LogP contribution in [-0.2, 0) is 4.79 Å². The summed E-state index contributed by atoms with van der Waals surface area (Å²) < 4.78 is 5.09. The lowest BCUT2D eigenvalue weighted by atomic mass is 9.85. The number of nitriles is 1. The van der Waals surface area contributed by atoms with Gasteiger partial charge < -0.3 is 20.7 Å². The summed E-state index contributed by atoms with van der Waals surface area (Å²) in [4.78, 5) is 25.7. The Labute approximate surface area is 172 Å². The number of nitrogens with two attached hydrogens (primary N) is 1. The van der Waals surface area contributed by atoms with Crippen molar-refractivity contribution in [2.24, 2.45) is 11.7 Å². The minimum atomic E-state index is -0.855. The molecular formula is C22H30N4O3. The van der Waals surface area contributed by atoms with E-state index in [0.717, 1.165) is 12.1 Å². The molecule has 1 aromatic rings. The first-order valence-electron chi connectivity index (χ1n) is 10.5. The number of anilines is 1. The van der Waals surface area contributed by atoms with Crippen molar-refractivity contribution in [2.75, 3.05) is 18.0 Å². The van der Waals surface area contributed by atoms with Gasteiger partial charge in [0.1, 0.15) is 5.54 Å². The second-order valence-electron chi connectivity index (χ2n) is 8.16. The summed E-state index contributed by atoms with van der Waals surface area (Å²) in [6.07, 6.45) is 7.88. The number of carbonyl (C=O) groups excluding carboxylic acids is 2. The summed E-state index contributed by atoms with van der Waals surface area (Å²) >= 11 is 0. The monoisotopic (exact) mass is 398 g/mol. The van der Waals surface area contributed by atoms with Gasteiger partial charge >= 0.3 is 6.09 Å². The number of ether oxygens (including phenoxy) is 1. The molecule has 7 heteroatoms. The smallest absolute Gasteiger partial charge is 0.408 e. The highest BCUT2D eigenvalue weighted by molar-refractivity contribution is 5.77. The van der Waals surface area contributed by atoms with Crippen molar-refractivity contribution in [1.29, 1.82) is 5.26 Å². The maximum Gasteiger partial charge on any atom is 0.410 e. The molecule has 0 atom stereocenters. The van der Waals surface area contributed by atoms with Crippen molar-refractivity contribution < 1.29 is 14.3 Å². The summed E-state index contributed by atoms with van der Waals surface area (Å²) in [7, 11) is 0. The van der Waals surface area contributed by atoms with E-state index < -0.39 is 11.6 Å². The quantitative estimate of drug-likeness (QED) is 0.762. The Hall–Kier alpha value is -2.75. The van der Waals surface area contributed by atoms with Crippen LogP contribution in [-0.4, -0.2) is 30.6 Å². The van der Waals surface area contributed by atoms with Crippen molar-refractivity contribution in [1.82, 2.24) is 5.32 Å². The van der Waals surface area contributed by atoms with Gasteiger partial charge in [-0.25, -0.2) is 4.79 Å². The molecular weight excluding hydrogens is 368 g/mol. The first kappa shape index (κ1) is 21.0. The average Bonchev–Trinajstić information content (AvgIpc) is 2.74. The van der Waals surface area contributed by atoms with E-state index in [0.29, 0.717) is 44.0 Å². The molecule has 1 heterocycles. The van der Waals surface area contributed by atoms with E-state index >= 15 is 0 Å². The summed E-state index contributed by atoms with van der Waals surface area (Å²) in [5.74, 6) is 1.03. The fourth-order valence-corrected chi connectivity index (χ4v) is 4.45. The Morgan fingerprint density at radius 2 is 1.90 bits per heavy atom. The second-order valence-corrected chi connectivity index (χ2v) is 8.16. The topological polar surface area (TPSA) is 108 Å². The Morgan fingerprint density at radius 3 is 2.55 bits per heavy atom. The SMILES string of the molecule is N#CC1(NC(=O)CCC2CCCCC2)CCN(c2ccccc2OC(N)=O)CC1. The Kier molecular flexibility index (Phi) is 6.97. The predicted molar refractivity (Wildman–Crippen MR) is 110 cm³/mol. The van der Waals surface area contributed by atoms with Crippen molar-refractivity contribution >= 4 is 17.7 Å². The number of amides is 2. The molecule has 0 aromatic heterocycles. The van der Waals surface area contributed by atoms with Crippen LogP contribution in [0.15, 0.2) is 24.3 Å². The molecule has 0 radical (unpaired) electrons. The van der Waals surface area contributed by atoms with Gasteiger partial charge in [-0.1, -0.05) is 44.2 Å². The number of hydrogen-bond donors (Lipinski definition) is 2. The van der Waals surface area contributed by atoms with Crippen LogP contribution in [0.4, 0.5) is 10.5 Å². The predicted octanol–water partition coefficient (Wildman–Crippen LogP) is 3.48. The highest BCUT2D eigenvalue weighted by Gasteiger charge is 2.37. The molecule has 2 fully saturated rings. The average molecular weight is 399 g/mol. The van der Waals surface area contributed by atoms with Gasteiger partial charge in [0.25, 0.3) is 0 Å². The number of rotatable bonds is 6. The molecule has 156 valence electrons. The van der Waals surface area contributed by atoms with Gasteiger partial charge in [0, 0.05) is 32.4 Å². The number of piperidine rings is 1. The van der Waals surface area contributed by atoms with Crippen molar-refractivity contribution in [3.05, 3.63) is 24.3 Å². The fourth-order valence-electron chi connectivity index (χ4n) is 4.45. The lowest BCUT2D eigenvalue weighted by Gasteiger charge is -2.39. The number of benzene rings is 1. The third kappa shape index (κ3) is 5.63. The molecule has 0 unspecified atom stereocenters. The number of nitrogens with zero attached hydrogens (tertiary/aromatic N) is 2. The van der Waals surface area contributed by atoms with Gasteiger partial charge in [0.15, 0.2) is 5.75 Å². The van der Waals surface area contributed by atoms with E-state index in [1.54, 1.807) is 12.1 Å². The van der Waals surface area contributed by atoms with E-state index in [-0.39, 0.29) is 5.91 Å². The molecule has 7 nitrogen and oxygen atoms in total. The molecule has 1 aliphatic carbocycles. The first-order valence-corrected chi connectivity index (χ1v) is 10.5. The fraction of sp³-hybridized carbons (Fsp3) is 0.591. The Balaban J connectivity index is 1.55. The van der Waals surface area contributed by atoms with Crippen LogP contribution in [0.3, 0.4) is 0 Å². The molecule has 0 spiro atoms. The molecule has 0 bridgehead atoms. The van der Waals surface area contributed by atoms with Gasteiger partial charge in [0.05, 0.1) is 11.8 Å². The normalized spacial score (nSPS) is 19.2. The van der Waals surface area contributed by atoms with E-state index in [4.69, 9.17) is 10.5 Å². The number of primary amides is 1. The van der Waals surface area contributed by atoms with E-state index in [2.05, 4.69) is 16.3 Å². The molecule has 1 saturated carbocycles. The lowest BCUT2D eigenvalue weighted by Crippen LogP contribution is -2.54. The molecule has 2 aliphatic rings. The molecule has 1 aromatic carbocycles. The summed E-state index contributed by atoms with van der Waals surface area (Å²) in [5.41, 5.74) is 5.09. The summed E-state index contributed by atoms with van der Waals surface area (Å²) in [5, 5.41) is 12.8. The van der Waals surface area contributed by atoms with E-state index in [1.807, 2.05) is 12.1 Å². The third-order valence-corrected chi connectivity index (χ3v) is 6.13.